The molecule has 0 saturated carbocycles. The first-order valence-corrected chi connectivity index (χ1v) is 12.2. The van der Waals surface area contributed by atoms with E-state index in [-0.39, 0.29) is 50.8 Å². The van der Waals surface area contributed by atoms with E-state index in [2.05, 4.69) is 5.32 Å². The second kappa shape index (κ2) is 8.59. The van der Waals surface area contributed by atoms with Crippen molar-refractivity contribution in [2.24, 2.45) is 5.73 Å². The van der Waals surface area contributed by atoms with Crippen LogP contribution in [0, 0.1) is 0 Å². The van der Waals surface area contributed by atoms with Gasteiger partial charge in [-0.2, -0.15) is 0 Å². The van der Waals surface area contributed by atoms with Gasteiger partial charge in [0.1, 0.15) is 16.8 Å². The first-order chi connectivity index (χ1) is 16.7. The molecule has 0 saturated heterocycles. The van der Waals surface area contributed by atoms with Gasteiger partial charge in [-0.15, -0.1) is 0 Å². The summed E-state index contributed by atoms with van der Waals surface area (Å²) in [5, 5.41) is 3.50. The first kappa shape index (κ1) is 23.7. The molecule has 0 radical (unpaired) electrons. The molecule has 7 nitrogen and oxygen atoms in total. The lowest BCUT2D eigenvalue weighted by molar-refractivity contribution is -0.140. The highest BCUT2D eigenvalue weighted by atomic mass is 35.5. The summed E-state index contributed by atoms with van der Waals surface area (Å²) in [6, 6.07) is 9.93. The van der Waals surface area contributed by atoms with Crippen LogP contribution in [0.5, 0.6) is 0 Å². The summed E-state index contributed by atoms with van der Waals surface area (Å²) in [5.74, 6) is -1.66. The number of hydrogen-bond acceptors (Lipinski definition) is 6. The Kier molecular flexibility index (Phi) is 5.82. The number of fused-ring (bicyclic) bond motifs is 3. The third kappa shape index (κ3) is 3.29. The molecular formula is C25H20Cl3N3O4. The van der Waals surface area contributed by atoms with Gasteiger partial charge in [-0.3, -0.25) is 14.5 Å². The van der Waals surface area contributed by atoms with Gasteiger partial charge < -0.3 is 15.8 Å². The lowest BCUT2D eigenvalue weighted by Crippen LogP contribution is -2.53. The number of ketones is 1. The van der Waals surface area contributed by atoms with E-state index in [0.29, 0.717) is 35.5 Å². The second-order valence-electron chi connectivity index (χ2n) is 8.38. The molecule has 2 heterocycles. The number of anilines is 2. The third-order valence-corrected chi connectivity index (χ3v) is 7.56. The molecule has 5 rings (SSSR count). The van der Waals surface area contributed by atoms with Crippen molar-refractivity contribution in [1.29, 1.82) is 0 Å². The van der Waals surface area contributed by atoms with Gasteiger partial charge in [0, 0.05) is 28.9 Å². The van der Waals surface area contributed by atoms with Gasteiger partial charge in [0.25, 0.3) is 0 Å². The van der Waals surface area contributed by atoms with Crippen molar-refractivity contribution in [3.8, 4) is 0 Å². The smallest absolute Gasteiger partial charge is 0.339 e. The number of nitrogens with zero attached hydrogens (tertiary/aromatic N) is 1. The summed E-state index contributed by atoms with van der Waals surface area (Å²) in [7, 11) is 0. The highest BCUT2D eigenvalue weighted by Crippen LogP contribution is 2.56. The normalized spacial score (nSPS) is 21.3. The number of nitrogens with two attached hydrogens (primary N) is 1. The van der Waals surface area contributed by atoms with Crippen LogP contribution in [0.25, 0.3) is 0 Å². The number of para-hydroxylation sites is 1. The Bertz CT molecular complexity index is 1380. The zero-order valence-electron chi connectivity index (χ0n) is 18.6. The Morgan fingerprint density at radius 1 is 1.11 bits per heavy atom. The number of carbonyl (C=O) groups excluding carboxylic acids is 3. The maximum Gasteiger partial charge on any atom is 0.339 e. The minimum absolute atomic E-state index is 0.0440. The van der Waals surface area contributed by atoms with Gasteiger partial charge in [-0.25, -0.2) is 4.79 Å². The van der Waals surface area contributed by atoms with E-state index < -0.39 is 17.3 Å². The minimum atomic E-state index is -1.75. The van der Waals surface area contributed by atoms with Crippen molar-refractivity contribution in [2.45, 2.75) is 31.6 Å². The fourth-order valence-electron chi connectivity index (χ4n) is 5.22. The molecule has 3 aliphatic rings. The quantitative estimate of drug-likeness (QED) is 0.421. The molecule has 0 aromatic heterocycles. The van der Waals surface area contributed by atoms with Crippen LogP contribution in [0.4, 0.5) is 11.4 Å². The van der Waals surface area contributed by atoms with E-state index in [4.69, 9.17) is 45.3 Å². The standard InChI is InChI=1S/C25H20Cl3N3O4/c1-2-35-23(33)21-22(29)31(18-11-14(27)13(26)10-15(18)28)17-8-5-9-19(32)20(17)25(21)12-6-3-4-7-16(12)30-24(25)34/h3-4,6-7,10-11H,2,5,8-9,29H2,1H3,(H,30,34). The van der Waals surface area contributed by atoms with Crippen LogP contribution in [0.3, 0.4) is 0 Å². The summed E-state index contributed by atoms with van der Waals surface area (Å²) in [5.41, 5.74) is 6.80. The van der Waals surface area contributed by atoms with Crippen molar-refractivity contribution in [1.82, 2.24) is 0 Å². The summed E-state index contributed by atoms with van der Waals surface area (Å²) < 4.78 is 5.38. The first-order valence-electron chi connectivity index (χ1n) is 11.0. The lowest BCUT2D eigenvalue weighted by atomic mass is 9.63. The number of amides is 1. The Hall–Kier alpha value is -3.00. The van der Waals surface area contributed by atoms with Crippen molar-refractivity contribution in [3.05, 3.63) is 79.7 Å². The van der Waals surface area contributed by atoms with E-state index in [1.54, 1.807) is 31.2 Å². The number of carbonyl (C=O) groups is 3. The van der Waals surface area contributed by atoms with Crippen LogP contribution in [0.2, 0.25) is 15.1 Å². The number of halogens is 3. The maximum absolute atomic E-state index is 13.8. The average molecular weight is 533 g/mol. The number of esters is 1. The summed E-state index contributed by atoms with van der Waals surface area (Å²) in [4.78, 5) is 42.4. The molecule has 3 N–H and O–H groups in total. The monoisotopic (exact) mass is 531 g/mol. The minimum Gasteiger partial charge on any atom is -0.462 e. The zero-order valence-corrected chi connectivity index (χ0v) is 20.9. The number of ether oxygens (including phenoxy) is 1. The van der Waals surface area contributed by atoms with E-state index in [1.807, 2.05) is 0 Å². The van der Waals surface area contributed by atoms with Crippen molar-refractivity contribution < 1.29 is 19.1 Å². The fourth-order valence-corrected chi connectivity index (χ4v) is 5.85. The van der Waals surface area contributed by atoms with Gasteiger partial charge in [-0.05, 0) is 38.0 Å². The molecule has 0 fully saturated rings. The molecule has 180 valence electrons. The van der Waals surface area contributed by atoms with Crippen LogP contribution >= 0.6 is 34.8 Å². The number of hydrogen-bond donors (Lipinski definition) is 2. The molecule has 10 heteroatoms. The number of Topliss-reactive ketones (excluding diaryl/α,β-unsaturated/α-hetero) is 1. The lowest BCUT2D eigenvalue weighted by Gasteiger charge is -2.44. The number of benzene rings is 2. The van der Waals surface area contributed by atoms with Crippen LogP contribution in [-0.2, 0) is 24.5 Å². The second-order valence-corrected chi connectivity index (χ2v) is 9.60. The molecule has 0 bridgehead atoms. The van der Waals surface area contributed by atoms with E-state index in [0.717, 1.165) is 0 Å². The summed E-state index contributed by atoms with van der Waals surface area (Å²) in [6.45, 7) is 1.69. The summed E-state index contributed by atoms with van der Waals surface area (Å²) >= 11 is 19.0. The number of rotatable bonds is 3. The van der Waals surface area contributed by atoms with Crippen molar-refractivity contribution in [2.75, 3.05) is 16.8 Å². The van der Waals surface area contributed by atoms with Crippen LogP contribution in [-0.4, -0.2) is 24.3 Å². The molecule has 1 amide bonds. The largest absolute Gasteiger partial charge is 0.462 e. The molecule has 1 spiro atoms. The van der Waals surface area contributed by atoms with Crippen LogP contribution < -0.4 is 16.0 Å². The Morgan fingerprint density at radius 3 is 2.57 bits per heavy atom. The van der Waals surface area contributed by atoms with Crippen molar-refractivity contribution >= 4 is 63.8 Å². The molecule has 2 aromatic rings. The predicted molar refractivity (Wildman–Crippen MR) is 134 cm³/mol. The predicted octanol–water partition coefficient (Wildman–Crippen LogP) is 5.10. The zero-order chi connectivity index (χ0) is 25.1. The number of nitrogens with one attached hydrogen (secondary N) is 1. The van der Waals surface area contributed by atoms with Crippen molar-refractivity contribution in [3.63, 3.8) is 0 Å². The SMILES string of the molecule is CCOC(=O)C1=C(N)N(c2cc(Cl)c(Cl)cc2Cl)C2=C(C(=O)CCC2)C12C(=O)Nc1ccccc12. The van der Waals surface area contributed by atoms with Gasteiger partial charge in [-0.1, -0.05) is 53.0 Å². The molecule has 1 unspecified atom stereocenters. The van der Waals surface area contributed by atoms with Crippen LogP contribution in [0.1, 0.15) is 31.7 Å². The molecular weight excluding hydrogens is 513 g/mol. The highest BCUT2D eigenvalue weighted by Gasteiger charge is 2.62. The Morgan fingerprint density at radius 2 is 1.83 bits per heavy atom. The molecule has 1 aliphatic carbocycles. The topological polar surface area (TPSA) is 102 Å². The van der Waals surface area contributed by atoms with Gasteiger partial charge >= 0.3 is 5.97 Å². The van der Waals surface area contributed by atoms with E-state index >= 15 is 0 Å². The summed E-state index contributed by atoms with van der Waals surface area (Å²) in [6.07, 6.45) is 1.18. The number of allylic oxidation sites excluding steroid dienone is 1. The highest BCUT2D eigenvalue weighted by molar-refractivity contribution is 6.44. The molecule has 1 atom stereocenters. The van der Waals surface area contributed by atoms with Crippen LogP contribution in [0.15, 0.2) is 59.1 Å². The van der Waals surface area contributed by atoms with E-state index in [9.17, 15) is 14.4 Å². The molecule has 35 heavy (non-hydrogen) atoms. The third-order valence-electron chi connectivity index (χ3n) is 6.53. The Labute approximate surface area is 216 Å². The Balaban J connectivity index is 1.91. The fraction of sp³-hybridized carbons (Fsp3) is 0.240. The average Bonchev–Trinajstić information content (AvgIpc) is 3.09. The van der Waals surface area contributed by atoms with E-state index in [1.165, 1.54) is 17.0 Å². The molecule has 2 aliphatic heterocycles. The molecule has 2 aromatic carbocycles. The van der Waals surface area contributed by atoms with Gasteiger partial charge in [0.2, 0.25) is 5.91 Å². The van der Waals surface area contributed by atoms with Gasteiger partial charge in [0.05, 0.1) is 27.4 Å². The maximum atomic E-state index is 13.8. The van der Waals surface area contributed by atoms with Gasteiger partial charge in [0.15, 0.2) is 5.78 Å².